The minimum atomic E-state index is -1.68. The van der Waals surface area contributed by atoms with Crippen molar-refractivity contribution >= 4 is 41.8 Å². The Morgan fingerprint density at radius 2 is 1.76 bits per heavy atom. The third kappa shape index (κ3) is 7.02. The Balaban J connectivity index is 2.87. The minimum Gasteiger partial charge on any atom is -0.469 e. The van der Waals surface area contributed by atoms with E-state index in [1.54, 1.807) is 26.0 Å². The van der Waals surface area contributed by atoms with Crippen molar-refractivity contribution in [2.45, 2.75) is 91.5 Å². The van der Waals surface area contributed by atoms with Crippen molar-refractivity contribution in [3.63, 3.8) is 0 Å². The maximum Gasteiger partial charge on any atom is 0.333 e. The van der Waals surface area contributed by atoms with Gasteiger partial charge in [0, 0.05) is 25.3 Å². The molecule has 0 aromatic carbocycles. The molecular formula is C30H43ClO10. The molecule has 0 amide bonds. The molecule has 2 fully saturated rings. The highest BCUT2D eigenvalue weighted by Crippen LogP contribution is 2.66. The number of hydrogen-bond acceptors (Lipinski definition) is 10. The summed E-state index contributed by atoms with van der Waals surface area (Å²) in [6, 6.07) is 0. The van der Waals surface area contributed by atoms with Gasteiger partial charge in [-0.3, -0.25) is 19.2 Å². The lowest BCUT2D eigenvalue weighted by Gasteiger charge is -2.66. The first-order chi connectivity index (χ1) is 19.1. The predicted molar refractivity (Wildman–Crippen MR) is 150 cm³/mol. The zero-order chi connectivity index (χ0) is 31.2. The molecule has 7 atom stereocenters. The molecule has 0 aromatic heterocycles. The van der Waals surface area contributed by atoms with Crippen LogP contribution in [0.15, 0.2) is 23.3 Å². The quantitative estimate of drug-likeness (QED) is 0.122. The van der Waals surface area contributed by atoms with Gasteiger partial charge in [-0.1, -0.05) is 26.0 Å². The largest absolute Gasteiger partial charge is 0.469 e. The van der Waals surface area contributed by atoms with Crippen LogP contribution in [0, 0.1) is 22.7 Å². The number of allylic oxidation sites excluding steroid dienone is 2. The predicted octanol–water partition coefficient (Wildman–Crippen LogP) is 3.85. The summed E-state index contributed by atoms with van der Waals surface area (Å²) >= 11 is 6.47. The summed E-state index contributed by atoms with van der Waals surface area (Å²) in [4.78, 5) is 61.4. The second-order valence-corrected chi connectivity index (χ2v) is 11.8. The van der Waals surface area contributed by atoms with Gasteiger partial charge in [-0.15, -0.1) is 11.6 Å². The van der Waals surface area contributed by atoms with E-state index in [9.17, 15) is 29.1 Å². The van der Waals surface area contributed by atoms with E-state index in [1.165, 1.54) is 21.0 Å². The molecule has 10 nitrogen and oxygen atoms in total. The Hall–Kier alpha value is -2.72. The molecule has 2 saturated carbocycles. The third-order valence-electron chi connectivity index (χ3n) is 9.20. The third-order valence-corrected chi connectivity index (χ3v) is 9.64. The summed E-state index contributed by atoms with van der Waals surface area (Å²) < 4.78 is 22.2. The van der Waals surface area contributed by atoms with E-state index in [-0.39, 0.29) is 56.1 Å². The number of fused-ring (bicyclic) bond motifs is 1. The normalized spacial score (nSPS) is 33.7. The van der Waals surface area contributed by atoms with E-state index in [0.29, 0.717) is 11.9 Å². The van der Waals surface area contributed by atoms with Crippen molar-refractivity contribution in [1.29, 1.82) is 0 Å². The van der Waals surface area contributed by atoms with Gasteiger partial charge in [-0.25, -0.2) is 4.79 Å². The van der Waals surface area contributed by atoms with Crippen LogP contribution in [0.2, 0.25) is 0 Å². The van der Waals surface area contributed by atoms with Crippen molar-refractivity contribution in [3.8, 4) is 0 Å². The summed E-state index contributed by atoms with van der Waals surface area (Å²) in [5, 5.41) is 12.2. The molecule has 1 N–H and O–H groups in total. The van der Waals surface area contributed by atoms with Gasteiger partial charge in [0.1, 0.15) is 25.1 Å². The number of esters is 4. The topological polar surface area (TPSA) is 142 Å². The maximum atomic E-state index is 13.1. The average molecular weight is 599 g/mol. The van der Waals surface area contributed by atoms with E-state index in [0.717, 1.165) is 0 Å². The molecule has 2 aliphatic carbocycles. The molecule has 2 aliphatic rings. The van der Waals surface area contributed by atoms with Crippen molar-refractivity contribution in [3.05, 3.63) is 23.3 Å². The lowest BCUT2D eigenvalue weighted by atomic mass is 9.41. The van der Waals surface area contributed by atoms with Crippen LogP contribution in [0.1, 0.15) is 73.6 Å². The van der Waals surface area contributed by atoms with Gasteiger partial charge in [0.15, 0.2) is 0 Å². The van der Waals surface area contributed by atoms with Crippen molar-refractivity contribution in [2.24, 2.45) is 22.7 Å². The Kier molecular flexibility index (Phi) is 11.7. The number of ether oxygens (including phenoxy) is 4. The number of rotatable bonds is 11. The molecule has 0 bridgehead atoms. The number of alkyl halides is 1. The molecular weight excluding hydrogens is 556 g/mol. The van der Waals surface area contributed by atoms with Gasteiger partial charge < -0.3 is 24.1 Å². The Bertz CT molecular complexity index is 1080. The summed E-state index contributed by atoms with van der Waals surface area (Å²) in [7, 11) is 1.23. The molecule has 41 heavy (non-hydrogen) atoms. The fourth-order valence-corrected chi connectivity index (χ4v) is 7.04. The van der Waals surface area contributed by atoms with E-state index >= 15 is 0 Å². The summed E-state index contributed by atoms with van der Waals surface area (Å²) in [6.45, 7) is 9.38. The molecule has 0 spiro atoms. The Labute approximate surface area is 246 Å². The summed E-state index contributed by atoms with van der Waals surface area (Å²) in [5.41, 5.74) is -3.39. The molecule has 0 saturated heterocycles. The highest BCUT2D eigenvalue weighted by atomic mass is 35.5. The number of carbonyl (C=O) groups excluding carboxylic acids is 5. The van der Waals surface area contributed by atoms with Crippen LogP contribution in [-0.4, -0.2) is 72.7 Å². The van der Waals surface area contributed by atoms with Crippen molar-refractivity contribution < 1.29 is 48.0 Å². The van der Waals surface area contributed by atoms with Gasteiger partial charge in [0.25, 0.3) is 0 Å². The van der Waals surface area contributed by atoms with Gasteiger partial charge >= 0.3 is 23.9 Å². The molecule has 0 aromatic rings. The van der Waals surface area contributed by atoms with Crippen molar-refractivity contribution in [2.75, 3.05) is 19.6 Å². The van der Waals surface area contributed by atoms with Gasteiger partial charge in [-0.2, -0.15) is 0 Å². The molecule has 230 valence electrons. The first-order valence-electron chi connectivity index (χ1n) is 13.8. The standard InChI is InChI=1S/C30H43ClO10/c1-8-18(2)27(36)41-23-10-12-29(37,16-31)30(17-39-20(4)33)24(40-21(5)34)13-19(3)28(6,26(23)30)11-9-22(15-32)14-25(35)38-7/h8-9,15,19,23-24,26,37H,10-14,16-17H2,1-7H3/b18-8+,22-9+/t19-,23-,24+,26-,28+,29+,30-/m1/s1. The van der Waals surface area contributed by atoms with Crippen LogP contribution < -0.4 is 0 Å². The van der Waals surface area contributed by atoms with Crippen molar-refractivity contribution in [1.82, 2.24) is 0 Å². The van der Waals surface area contributed by atoms with Gasteiger partial charge in [0.2, 0.25) is 0 Å². The first-order valence-corrected chi connectivity index (χ1v) is 14.3. The maximum absolute atomic E-state index is 13.1. The summed E-state index contributed by atoms with van der Waals surface area (Å²) in [6.07, 6.45) is 2.72. The van der Waals surface area contributed by atoms with Gasteiger partial charge in [-0.05, 0) is 56.4 Å². The lowest BCUT2D eigenvalue weighted by Crippen LogP contribution is -2.74. The molecule has 0 aliphatic heterocycles. The number of hydrogen-bond donors (Lipinski definition) is 1. The monoisotopic (exact) mass is 598 g/mol. The van der Waals surface area contributed by atoms with E-state index < -0.39 is 58.4 Å². The van der Waals surface area contributed by atoms with E-state index in [2.05, 4.69) is 0 Å². The highest BCUT2D eigenvalue weighted by molar-refractivity contribution is 6.18. The zero-order valence-electron chi connectivity index (χ0n) is 25.0. The fourth-order valence-electron chi connectivity index (χ4n) is 6.66. The van der Waals surface area contributed by atoms with Crippen LogP contribution in [-0.2, 0) is 42.9 Å². The zero-order valence-corrected chi connectivity index (χ0v) is 25.7. The number of carbonyl (C=O) groups is 5. The van der Waals surface area contributed by atoms with E-state index in [1.807, 2.05) is 13.8 Å². The van der Waals surface area contributed by atoms with Crippen LogP contribution in [0.5, 0.6) is 0 Å². The second-order valence-electron chi connectivity index (χ2n) is 11.5. The smallest absolute Gasteiger partial charge is 0.333 e. The lowest BCUT2D eigenvalue weighted by molar-refractivity contribution is -0.290. The van der Waals surface area contributed by atoms with E-state index in [4.69, 9.17) is 30.5 Å². The fraction of sp³-hybridized carbons (Fsp3) is 0.700. The molecule has 2 rings (SSSR count). The molecule has 0 heterocycles. The Morgan fingerprint density at radius 1 is 1.10 bits per heavy atom. The Morgan fingerprint density at radius 3 is 2.27 bits per heavy atom. The average Bonchev–Trinajstić information content (AvgIpc) is 2.92. The molecule has 11 heteroatoms. The number of aliphatic hydroxyl groups is 1. The van der Waals surface area contributed by atoms with Crippen LogP contribution in [0.4, 0.5) is 0 Å². The minimum absolute atomic E-state index is 0.0844. The summed E-state index contributed by atoms with van der Waals surface area (Å²) in [5.74, 6) is -3.56. The first kappa shape index (κ1) is 34.5. The number of methoxy groups -OCH3 is 1. The van der Waals surface area contributed by atoms with Crippen LogP contribution >= 0.6 is 11.6 Å². The van der Waals surface area contributed by atoms with Crippen LogP contribution in [0.3, 0.4) is 0 Å². The van der Waals surface area contributed by atoms with Gasteiger partial charge in [0.05, 0.1) is 30.4 Å². The SMILES string of the molecule is C/C=C(\C)C(=O)O[C@@H]1CC[C@](O)(CCl)[C@]2(COC(C)=O)[C@@H](OC(C)=O)C[C@@H](C)[C@](C)(C/C=C(/C=O)CC(=O)OC)[C@@H]12. The molecule has 0 unspecified atom stereocenters. The number of halogens is 1. The highest BCUT2D eigenvalue weighted by Gasteiger charge is 2.72. The second kappa shape index (κ2) is 14.0. The van der Waals surface area contributed by atoms with Crippen LogP contribution in [0.25, 0.3) is 0 Å². The number of aldehydes is 1. The molecule has 0 radical (unpaired) electrons.